The first-order valence-electron chi connectivity index (χ1n) is 2.72. The summed E-state index contributed by atoms with van der Waals surface area (Å²) in [7, 11) is 0. The largest absolute Gasteiger partial charge is 0.289 e. The molecule has 3 N–H and O–H groups in total. The molecule has 0 bridgehead atoms. The lowest BCUT2D eigenvalue weighted by Gasteiger charge is -1.98. The standard InChI is InChI=1S/C5H5ClN4O.ClH/c6-3-1-8-2-9-4(3)5(11)10-7;/h1-2H,7H2,(H,10,11);1H. The number of halogens is 2. The van der Waals surface area contributed by atoms with Crippen molar-refractivity contribution in [2.45, 2.75) is 0 Å². The quantitative estimate of drug-likeness (QED) is 0.392. The SMILES string of the molecule is Cl.NNC(=O)c1ncncc1Cl. The van der Waals surface area contributed by atoms with Crippen LogP contribution in [0.15, 0.2) is 12.5 Å². The predicted molar refractivity (Wildman–Crippen MR) is 45.9 cm³/mol. The Kier molecular flexibility index (Phi) is 4.50. The second-order valence-electron chi connectivity index (χ2n) is 1.69. The maximum absolute atomic E-state index is 10.8. The van der Waals surface area contributed by atoms with Gasteiger partial charge in [-0.15, -0.1) is 12.4 Å². The van der Waals surface area contributed by atoms with E-state index in [1.165, 1.54) is 12.5 Å². The Hall–Kier alpha value is -0.910. The van der Waals surface area contributed by atoms with Crippen LogP contribution in [0, 0.1) is 0 Å². The number of nitrogens with two attached hydrogens (primary N) is 1. The zero-order chi connectivity index (χ0) is 8.27. The van der Waals surface area contributed by atoms with E-state index in [9.17, 15) is 4.79 Å². The number of carbonyl (C=O) groups excluding carboxylic acids is 1. The normalized spacial score (nSPS) is 8.50. The van der Waals surface area contributed by atoms with E-state index in [2.05, 4.69) is 9.97 Å². The first-order valence-corrected chi connectivity index (χ1v) is 3.10. The molecule has 12 heavy (non-hydrogen) atoms. The third-order valence-corrected chi connectivity index (χ3v) is 1.29. The first kappa shape index (κ1) is 11.1. The summed E-state index contributed by atoms with van der Waals surface area (Å²) < 4.78 is 0. The lowest BCUT2D eigenvalue weighted by atomic mass is 10.4. The number of aromatic nitrogens is 2. The van der Waals surface area contributed by atoms with E-state index in [4.69, 9.17) is 17.4 Å². The van der Waals surface area contributed by atoms with Gasteiger partial charge in [-0.2, -0.15) is 0 Å². The molecule has 5 nitrogen and oxygen atoms in total. The number of amides is 1. The number of hydrazine groups is 1. The van der Waals surface area contributed by atoms with E-state index < -0.39 is 5.91 Å². The summed E-state index contributed by atoms with van der Waals surface area (Å²) in [6.07, 6.45) is 2.54. The molecule has 0 aromatic carbocycles. The molecule has 1 rings (SSSR count). The van der Waals surface area contributed by atoms with Crippen molar-refractivity contribution in [2.24, 2.45) is 5.84 Å². The molecule has 0 aliphatic heterocycles. The van der Waals surface area contributed by atoms with Gasteiger partial charge in [0, 0.05) is 6.20 Å². The molecule has 66 valence electrons. The maximum Gasteiger partial charge on any atom is 0.285 e. The molecule has 0 atom stereocenters. The summed E-state index contributed by atoms with van der Waals surface area (Å²) in [5.74, 6) is 4.32. The summed E-state index contributed by atoms with van der Waals surface area (Å²) in [4.78, 5) is 18.0. The van der Waals surface area contributed by atoms with E-state index in [-0.39, 0.29) is 23.1 Å². The Morgan fingerprint density at radius 3 is 2.83 bits per heavy atom. The van der Waals surface area contributed by atoms with Crippen molar-refractivity contribution in [1.29, 1.82) is 0 Å². The topological polar surface area (TPSA) is 80.9 Å². The number of rotatable bonds is 1. The van der Waals surface area contributed by atoms with Gasteiger partial charge in [-0.05, 0) is 0 Å². The zero-order valence-electron chi connectivity index (χ0n) is 5.82. The molecule has 1 heterocycles. The van der Waals surface area contributed by atoms with Crippen molar-refractivity contribution in [3.8, 4) is 0 Å². The second kappa shape index (κ2) is 4.87. The highest BCUT2D eigenvalue weighted by molar-refractivity contribution is 6.33. The molecular weight excluding hydrogens is 203 g/mol. The lowest BCUT2D eigenvalue weighted by molar-refractivity contribution is 0.0948. The number of hydrogen-bond donors (Lipinski definition) is 2. The Bertz CT molecular complexity index is 280. The molecule has 0 aliphatic rings. The van der Waals surface area contributed by atoms with Gasteiger partial charge in [-0.3, -0.25) is 10.2 Å². The Morgan fingerprint density at radius 2 is 2.33 bits per heavy atom. The van der Waals surface area contributed by atoms with Crippen LogP contribution in [0.2, 0.25) is 5.02 Å². The van der Waals surface area contributed by atoms with Crippen molar-refractivity contribution in [3.63, 3.8) is 0 Å². The van der Waals surface area contributed by atoms with Crippen molar-refractivity contribution < 1.29 is 4.79 Å². The first-order chi connectivity index (χ1) is 5.25. The molecule has 7 heteroatoms. The van der Waals surface area contributed by atoms with E-state index in [0.717, 1.165) is 0 Å². The highest BCUT2D eigenvalue weighted by Crippen LogP contribution is 2.09. The van der Waals surface area contributed by atoms with Gasteiger partial charge < -0.3 is 0 Å². The van der Waals surface area contributed by atoms with Crippen LogP contribution in [-0.2, 0) is 0 Å². The molecule has 0 fully saturated rings. The van der Waals surface area contributed by atoms with Gasteiger partial charge >= 0.3 is 0 Å². The molecule has 1 aromatic rings. The van der Waals surface area contributed by atoms with Crippen molar-refractivity contribution in [2.75, 3.05) is 0 Å². The number of nitrogens with zero attached hydrogens (tertiary/aromatic N) is 2. The maximum atomic E-state index is 10.8. The Morgan fingerprint density at radius 1 is 1.67 bits per heavy atom. The number of carbonyl (C=O) groups is 1. The lowest BCUT2D eigenvalue weighted by Crippen LogP contribution is -2.30. The van der Waals surface area contributed by atoms with E-state index in [0.29, 0.717) is 0 Å². The van der Waals surface area contributed by atoms with Gasteiger partial charge in [0.2, 0.25) is 0 Å². The third kappa shape index (κ3) is 2.30. The minimum atomic E-state index is -0.530. The van der Waals surface area contributed by atoms with Crippen LogP contribution in [0.1, 0.15) is 10.5 Å². The fourth-order valence-electron chi connectivity index (χ4n) is 0.548. The van der Waals surface area contributed by atoms with E-state index in [1.54, 1.807) is 0 Å². The minimum Gasteiger partial charge on any atom is -0.289 e. The highest BCUT2D eigenvalue weighted by atomic mass is 35.5. The fraction of sp³-hybridized carbons (Fsp3) is 0. The van der Waals surface area contributed by atoms with Gasteiger partial charge in [0.05, 0.1) is 5.02 Å². The van der Waals surface area contributed by atoms with Crippen LogP contribution in [0.3, 0.4) is 0 Å². The summed E-state index contributed by atoms with van der Waals surface area (Å²) in [5, 5.41) is 0.176. The number of nitrogens with one attached hydrogen (secondary N) is 1. The molecule has 0 saturated carbocycles. The third-order valence-electron chi connectivity index (χ3n) is 1.01. The van der Waals surface area contributed by atoms with Crippen LogP contribution in [0.5, 0.6) is 0 Å². The molecular formula is C5H6Cl2N4O. The van der Waals surface area contributed by atoms with Crippen LogP contribution >= 0.6 is 24.0 Å². The van der Waals surface area contributed by atoms with Crippen LogP contribution < -0.4 is 11.3 Å². The van der Waals surface area contributed by atoms with Crippen molar-refractivity contribution in [1.82, 2.24) is 15.4 Å². The van der Waals surface area contributed by atoms with Crippen LogP contribution in [-0.4, -0.2) is 15.9 Å². The second-order valence-corrected chi connectivity index (χ2v) is 2.10. The fourth-order valence-corrected chi connectivity index (χ4v) is 0.739. The monoisotopic (exact) mass is 208 g/mol. The number of hydrogen-bond acceptors (Lipinski definition) is 4. The summed E-state index contributed by atoms with van der Waals surface area (Å²) in [6.45, 7) is 0. The average Bonchev–Trinajstić information content (AvgIpc) is 2.04. The van der Waals surface area contributed by atoms with Gasteiger partial charge in [-0.25, -0.2) is 15.8 Å². The summed E-state index contributed by atoms with van der Waals surface area (Å²) in [6, 6.07) is 0. The minimum absolute atomic E-state index is 0. The van der Waals surface area contributed by atoms with Crippen LogP contribution in [0.25, 0.3) is 0 Å². The van der Waals surface area contributed by atoms with Crippen molar-refractivity contribution >= 4 is 29.9 Å². The molecule has 0 spiro atoms. The van der Waals surface area contributed by atoms with Crippen LogP contribution in [0.4, 0.5) is 0 Å². The highest BCUT2D eigenvalue weighted by Gasteiger charge is 2.08. The average molecular weight is 209 g/mol. The predicted octanol–water partition coefficient (Wildman–Crippen LogP) is 0.155. The van der Waals surface area contributed by atoms with Gasteiger partial charge in [0.25, 0.3) is 5.91 Å². The van der Waals surface area contributed by atoms with Crippen molar-refractivity contribution in [3.05, 3.63) is 23.2 Å². The smallest absolute Gasteiger partial charge is 0.285 e. The molecule has 0 aliphatic carbocycles. The summed E-state index contributed by atoms with van der Waals surface area (Å²) >= 11 is 5.56. The van der Waals surface area contributed by atoms with E-state index in [1.807, 2.05) is 5.43 Å². The molecule has 1 amide bonds. The Balaban J connectivity index is 0.00000121. The van der Waals surface area contributed by atoms with Gasteiger partial charge in [0.1, 0.15) is 6.33 Å². The molecule has 0 saturated heterocycles. The van der Waals surface area contributed by atoms with Gasteiger partial charge in [0.15, 0.2) is 5.69 Å². The molecule has 1 aromatic heterocycles. The number of nitrogen functional groups attached to an aromatic ring is 1. The molecule has 0 unspecified atom stereocenters. The zero-order valence-corrected chi connectivity index (χ0v) is 7.39. The Labute approximate surface area is 79.7 Å². The van der Waals surface area contributed by atoms with Gasteiger partial charge in [-0.1, -0.05) is 11.6 Å². The summed E-state index contributed by atoms with van der Waals surface area (Å²) in [5.41, 5.74) is 1.98. The molecule has 0 radical (unpaired) electrons. The van der Waals surface area contributed by atoms with E-state index >= 15 is 0 Å².